The van der Waals surface area contributed by atoms with Gasteiger partial charge in [0.15, 0.2) is 0 Å². The first-order valence-corrected chi connectivity index (χ1v) is 12.9. The van der Waals surface area contributed by atoms with Crippen molar-refractivity contribution < 1.29 is 19.1 Å². The maximum absolute atomic E-state index is 13.2. The first-order valence-electron chi connectivity index (χ1n) is 12.1. The Morgan fingerprint density at radius 3 is 2.87 bits per heavy atom. The number of hydrogen-bond donors (Lipinski definition) is 2. The van der Waals surface area contributed by atoms with Gasteiger partial charge >= 0.3 is 0 Å². The summed E-state index contributed by atoms with van der Waals surface area (Å²) in [5.41, 5.74) is 2.60. The van der Waals surface area contributed by atoms with Gasteiger partial charge in [-0.2, -0.15) is 5.10 Å². The van der Waals surface area contributed by atoms with Gasteiger partial charge < -0.3 is 20.1 Å². The molecule has 0 spiro atoms. The summed E-state index contributed by atoms with van der Waals surface area (Å²) in [6, 6.07) is 5.45. The Morgan fingerprint density at radius 1 is 1.24 bits per heavy atom. The van der Waals surface area contributed by atoms with E-state index in [1.54, 1.807) is 37.0 Å². The Hall–Kier alpha value is -3.87. The molecule has 2 N–H and O–H groups in total. The Labute approximate surface area is 223 Å². The third-order valence-corrected chi connectivity index (χ3v) is 7.31. The molecule has 198 valence electrons. The van der Waals surface area contributed by atoms with Gasteiger partial charge in [0, 0.05) is 25.5 Å². The van der Waals surface area contributed by atoms with Crippen molar-refractivity contribution in [1.82, 2.24) is 24.5 Å². The molecule has 1 aliphatic heterocycles. The molecule has 0 radical (unpaired) electrons. The van der Waals surface area contributed by atoms with Crippen molar-refractivity contribution in [2.75, 3.05) is 44.0 Å². The molecule has 1 fully saturated rings. The molecular formula is C26H29N7O4S. The summed E-state index contributed by atoms with van der Waals surface area (Å²) in [4.78, 5) is 38.1. The van der Waals surface area contributed by atoms with Crippen LogP contribution >= 0.6 is 11.3 Å². The van der Waals surface area contributed by atoms with Gasteiger partial charge in [-0.3, -0.25) is 19.5 Å². The standard InChI is InChI=1S/C26H29N7O4S/c1-16-20(10-17(11-28-16)30-22(34)14-32-8-9-37-26(2,3)15-32)31-23(35)19-12-29-33-13-21(38-25(19)33)18-6-5-7-27-24(18)36-4/h5-7,10-13H,8-9,14-15H2,1-4H3,(H,30,34)(H,31,35). The SMILES string of the molecule is COc1ncccc1-c1cn2ncc(C(=O)Nc3cc(NC(=O)CN4CCOC(C)(C)C4)cnc3C)c2s1. The molecule has 12 heteroatoms. The van der Waals surface area contributed by atoms with Crippen molar-refractivity contribution in [3.8, 4) is 16.3 Å². The third kappa shape index (κ3) is 5.52. The van der Waals surface area contributed by atoms with Crippen LogP contribution in [-0.2, 0) is 9.53 Å². The second-order valence-corrected chi connectivity index (χ2v) is 10.7. The minimum absolute atomic E-state index is 0.152. The summed E-state index contributed by atoms with van der Waals surface area (Å²) in [6.07, 6.45) is 6.62. The van der Waals surface area contributed by atoms with E-state index in [4.69, 9.17) is 9.47 Å². The molecule has 5 heterocycles. The molecule has 0 bridgehead atoms. The van der Waals surface area contributed by atoms with Gasteiger partial charge in [-0.15, -0.1) is 11.3 Å². The second-order valence-electron chi connectivity index (χ2n) is 9.64. The molecule has 5 rings (SSSR count). The highest BCUT2D eigenvalue weighted by Crippen LogP contribution is 2.35. The van der Waals surface area contributed by atoms with E-state index in [0.717, 1.165) is 10.4 Å². The molecule has 0 aliphatic carbocycles. The van der Waals surface area contributed by atoms with Gasteiger partial charge in [0.05, 0.1) is 71.3 Å². The average Bonchev–Trinajstić information content (AvgIpc) is 3.46. The van der Waals surface area contributed by atoms with Crippen LogP contribution in [0.2, 0.25) is 0 Å². The van der Waals surface area contributed by atoms with E-state index in [-0.39, 0.29) is 24.0 Å². The Balaban J connectivity index is 1.30. The fourth-order valence-corrected chi connectivity index (χ4v) is 5.45. The fraction of sp³-hybridized carbons (Fsp3) is 0.346. The highest BCUT2D eigenvalue weighted by molar-refractivity contribution is 7.21. The van der Waals surface area contributed by atoms with Crippen LogP contribution in [-0.4, -0.2) is 75.2 Å². The van der Waals surface area contributed by atoms with E-state index in [0.29, 0.717) is 53.0 Å². The summed E-state index contributed by atoms with van der Waals surface area (Å²) in [6.45, 7) is 8.02. The first kappa shape index (κ1) is 25.8. The highest BCUT2D eigenvalue weighted by Gasteiger charge is 2.28. The number of fused-ring (bicyclic) bond motifs is 1. The van der Waals surface area contributed by atoms with Crippen molar-refractivity contribution in [2.45, 2.75) is 26.4 Å². The largest absolute Gasteiger partial charge is 0.481 e. The van der Waals surface area contributed by atoms with E-state index in [1.165, 1.54) is 17.5 Å². The van der Waals surface area contributed by atoms with E-state index < -0.39 is 0 Å². The number of carbonyl (C=O) groups excluding carboxylic acids is 2. The number of amides is 2. The number of ether oxygens (including phenoxy) is 2. The van der Waals surface area contributed by atoms with E-state index in [1.807, 2.05) is 32.2 Å². The summed E-state index contributed by atoms with van der Waals surface area (Å²) in [7, 11) is 1.57. The van der Waals surface area contributed by atoms with Crippen LogP contribution in [0.1, 0.15) is 29.9 Å². The van der Waals surface area contributed by atoms with Crippen LogP contribution in [0.4, 0.5) is 11.4 Å². The third-order valence-electron chi connectivity index (χ3n) is 6.16. The van der Waals surface area contributed by atoms with Gasteiger partial charge in [0.1, 0.15) is 4.83 Å². The second kappa shape index (κ2) is 10.5. The number of nitrogens with one attached hydrogen (secondary N) is 2. The number of carbonyl (C=O) groups is 2. The zero-order valence-corrected chi connectivity index (χ0v) is 22.5. The van der Waals surface area contributed by atoms with Crippen molar-refractivity contribution in [1.29, 1.82) is 0 Å². The van der Waals surface area contributed by atoms with Crippen LogP contribution in [0.15, 0.2) is 43.0 Å². The molecule has 1 aliphatic rings. The first-order chi connectivity index (χ1) is 18.2. The Morgan fingerprint density at radius 2 is 2.08 bits per heavy atom. The lowest BCUT2D eigenvalue weighted by Gasteiger charge is -2.37. The van der Waals surface area contributed by atoms with Crippen molar-refractivity contribution in [3.05, 3.63) is 54.2 Å². The monoisotopic (exact) mass is 535 g/mol. The van der Waals surface area contributed by atoms with Crippen LogP contribution in [0, 0.1) is 6.92 Å². The number of rotatable bonds is 7. The fourth-order valence-electron chi connectivity index (χ4n) is 4.38. The lowest BCUT2D eigenvalue weighted by Crippen LogP contribution is -2.50. The topological polar surface area (TPSA) is 123 Å². The molecule has 0 saturated carbocycles. The predicted octanol–water partition coefficient (Wildman–Crippen LogP) is 3.47. The number of methoxy groups -OCH3 is 1. The van der Waals surface area contributed by atoms with Crippen molar-refractivity contribution in [2.24, 2.45) is 0 Å². The number of aryl methyl sites for hydroxylation is 1. The maximum Gasteiger partial charge on any atom is 0.260 e. The van der Waals surface area contributed by atoms with E-state index in [9.17, 15) is 9.59 Å². The van der Waals surface area contributed by atoms with Crippen molar-refractivity contribution >= 4 is 39.4 Å². The molecule has 2 amide bonds. The molecule has 0 aromatic carbocycles. The number of morpholine rings is 1. The molecule has 11 nitrogen and oxygen atoms in total. The number of anilines is 2. The van der Waals surface area contributed by atoms with Gasteiger partial charge in [-0.25, -0.2) is 9.50 Å². The number of aromatic nitrogens is 4. The molecule has 4 aromatic heterocycles. The Bertz CT molecular complexity index is 1500. The lowest BCUT2D eigenvalue weighted by atomic mass is 10.1. The minimum atomic E-state index is -0.324. The number of thiazole rings is 1. The molecular weight excluding hydrogens is 506 g/mol. The smallest absolute Gasteiger partial charge is 0.260 e. The van der Waals surface area contributed by atoms with Crippen LogP contribution in [0.3, 0.4) is 0 Å². The minimum Gasteiger partial charge on any atom is -0.481 e. The van der Waals surface area contributed by atoms with Gasteiger partial charge in [0.25, 0.3) is 5.91 Å². The van der Waals surface area contributed by atoms with E-state index in [2.05, 4.69) is 30.6 Å². The zero-order valence-electron chi connectivity index (χ0n) is 21.6. The summed E-state index contributed by atoms with van der Waals surface area (Å²) in [5, 5.41) is 10.2. The normalized spacial score (nSPS) is 15.4. The zero-order chi connectivity index (χ0) is 26.9. The van der Waals surface area contributed by atoms with Gasteiger partial charge in [-0.1, -0.05) is 0 Å². The van der Waals surface area contributed by atoms with Crippen molar-refractivity contribution in [3.63, 3.8) is 0 Å². The summed E-state index contributed by atoms with van der Waals surface area (Å²) < 4.78 is 12.8. The molecule has 38 heavy (non-hydrogen) atoms. The van der Waals surface area contributed by atoms with Crippen LogP contribution in [0.25, 0.3) is 15.3 Å². The summed E-state index contributed by atoms with van der Waals surface area (Å²) in [5.74, 6) is 0.0253. The number of nitrogens with zero attached hydrogens (tertiary/aromatic N) is 5. The number of hydrogen-bond acceptors (Lipinski definition) is 9. The summed E-state index contributed by atoms with van der Waals surface area (Å²) >= 11 is 1.42. The molecule has 1 saturated heterocycles. The quantitative estimate of drug-likeness (QED) is 0.369. The average molecular weight is 536 g/mol. The van der Waals surface area contributed by atoms with Gasteiger partial charge in [-0.05, 0) is 39.0 Å². The molecule has 4 aromatic rings. The van der Waals surface area contributed by atoms with Crippen LogP contribution < -0.4 is 15.4 Å². The predicted molar refractivity (Wildman–Crippen MR) is 145 cm³/mol. The lowest BCUT2D eigenvalue weighted by molar-refractivity contribution is -0.122. The molecule has 0 atom stereocenters. The van der Waals surface area contributed by atoms with Gasteiger partial charge in [0.2, 0.25) is 11.8 Å². The maximum atomic E-state index is 13.2. The number of pyridine rings is 2. The van der Waals surface area contributed by atoms with E-state index >= 15 is 0 Å². The highest BCUT2D eigenvalue weighted by atomic mass is 32.1. The Kier molecular flexibility index (Phi) is 7.11. The van der Waals surface area contributed by atoms with Crippen LogP contribution in [0.5, 0.6) is 5.88 Å². The molecule has 0 unspecified atom stereocenters.